The highest BCUT2D eigenvalue weighted by molar-refractivity contribution is 9.09. The minimum Gasteiger partial charge on any atom is -0.390 e. The van der Waals surface area contributed by atoms with Crippen molar-refractivity contribution in [1.29, 1.82) is 0 Å². The molecule has 1 aromatic rings. The zero-order valence-electron chi connectivity index (χ0n) is 5.83. The van der Waals surface area contributed by atoms with Crippen LogP contribution in [0.1, 0.15) is 10.7 Å². The van der Waals surface area contributed by atoms with E-state index < -0.39 is 0 Å². The van der Waals surface area contributed by atoms with Gasteiger partial charge in [0.25, 0.3) is 0 Å². The summed E-state index contributed by atoms with van der Waals surface area (Å²) in [5, 5.41) is 12.3. The Hall–Kier alpha value is -0.190. The Morgan fingerprint density at radius 3 is 3.09 bits per heavy atom. The summed E-state index contributed by atoms with van der Waals surface area (Å²) >= 11 is 4.81. The maximum atomic E-state index is 8.69. The lowest BCUT2D eigenvalue weighted by Crippen LogP contribution is -1.80. The second-order valence-corrected chi connectivity index (χ2v) is 3.43. The predicted molar refractivity (Wildman–Crippen MR) is 50.9 cm³/mol. The topological polar surface area (TPSA) is 33.1 Å². The number of aliphatic hydroxyl groups is 1. The van der Waals surface area contributed by atoms with Crippen molar-refractivity contribution in [3.8, 4) is 0 Å². The molecule has 2 nitrogen and oxygen atoms in total. The predicted octanol–water partition coefficient (Wildman–Crippen LogP) is 2.04. The van der Waals surface area contributed by atoms with Crippen LogP contribution in [0.4, 0.5) is 0 Å². The van der Waals surface area contributed by atoms with E-state index in [2.05, 4.69) is 20.9 Å². The third kappa shape index (κ3) is 2.73. The fourth-order valence-corrected chi connectivity index (χ4v) is 1.53. The van der Waals surface area contributed by atoms with Gasteiger partial charge in [0, 0.05) is 10.7 Å². The molecule has 0 aliphatic rings. The van der Waals surface area contributed by atoms with Crippen LogP contribution in [-0.2, 0) is 6.61 Å². The molecule has 0 spiro atoms. The molecule has 1 rings (SSSR count). The average molecular weight is 234 g/mol. The summed E-state index contributed by atoms with van der Waals surface area (Å²) in [5.41, 5.74) is 0.740. The number of halogens is 1. The Kier molecular flexibility index (Phi) is 3.76. The average Bonchev–Trinajstić information content (AvgIpc) is 2.48. The normalized spacial score (nSPS) is 11.1. The maximum absolute atomic E-state index is 8.69. The van der Waals surface area contributed by atoms with Crippen LogP contribution < -0.4 is 0 Å². The zero-order valence-corrected chi connectivity index (χ0v) is 8.23. The second kappa shape index (κ2) is 4.64. The SMILES string of the molecule is OCc1csc(C=CCBr)n1. The molecule has 0 aliphatic carbocycles. The van der Waals surface area contributed by atoms with Crippen molar-refractivity contribution in [1.82, 2.24) is 4.98 Å². The lowest BCUT2D eigenvalue weighted by Gasteiger charge is -1.82. The van der Waals surface area contributed by atoms with Crippen molar-refractivity contribution in [2.45, 2.75) is 6.61 Å². The summed E-state index contributed by atoms with van der Waals surface area (Å²) in [5.74, 6) is 0. The first kappa shape index (κ1) is 8.90. The molecule has 0 bridgehead atoms. The molecule has 0 fully saturated rings. The van der Waals surface area contributed by atoms with E-state index in [0.29, 0.717) is 0 Å². The van der Waals surface area contributed by atoms with Crippen LogP contribution in [0.5, 0.6) is 0 Å². The number of aliphatic hydroxyl groups excluding tert-OH is 1. The third-order valence-corrected chi connectivity index (χ3v) is 2.31. The van der Waals surface area contributed by atoms with Crippen LogP contribution in [-0.4, -0.2) is 15.4 Å². The largest absolute Gasteiger partial charge is 0.390 e. The highest BCUT2D eigenvalue weighted by Crippen LogP contribution is 2.11. The molecule has 0 aliphatic heterocycles. The molecule has 0 amide bonds. The van der Waals surface area contributed by atoms with Crippen LogP contribution >= 0.6 is 27.3 Å². The van der Waals surface area contributed by atoms with Gasteiger partial charge in [-0.3, -0.25) is 0 Å². The zero-order chi connectivity index (χ0) is 8.10. The monoisotopic (exact) mass is 233 g/mol. The number of rotatable bonds is 3. The van der Waals surface area contributed by atoms with E-state index in [4.69, 9.17) is 5.11 Å². The molecule has 0 radical (unpaired) electrons. The number of aromatic nitrogens is 1. The molecular weight excluding hydrogens is 226 g/mol. The minimum atomic E-state index is 0.0264. The first-order valence-electron chi connectivity index (χ1n) is 3.14. The van der Waals surface area contributed by atoms with Gasteiger partial charge in [0.2, 0.25) is 0 Å². The maximum Gasteiger partial charge on any atom is 0.116 e. The second-order valence-electron chi connectivity index (χ2n) is 1.89. The molecule has 1 N–H and O–H groups in total. The smallest absolute Gasteiger partial charge is 0.116 e. The summed E-state index contributed by atoms with van der Waals surface area (Å²) in [7, 11) is 0. The Morgan fingerprint density at radius 2 is 2.55 bits per heavy atom. The van der Waals surface area contributed by atoms with Gasteiger partial charge in [-0.1, -0.05) is 22.0 Å². The Balaban J connectivity index is 2.65. The molecule has 1 aromatic heterocycles. The van der Waals surface area contributed by atoms with Crippen LogP contribution in [0.3, 0.4) is 0 Å². The number of hydrogen-bond donors (Lipinski definition) is 1. The van der Waals surface area contributed by atoms with E-state index in [0.717, 1.165) is 16.0 Å². The molecule has 0 saturated heterocycles. The van der Waals surface area contributed by atoms with Crippen molar-refractivity contribution < 1.29 is 5.11 Å². The molecule has 60 valence electrons. The summed E-state index contributed by atoms with van der Waals surface area (Å²) in [6, 6.07) is 0. The molecule has 11 heavy (non-hydrogen) atoms. The third-order valence-electron chi connectivity index (χ3n) is 1.08. The van der Waals surface area contributed by atoms with Crippen molar-refractivity contribution in [2.75, 3.05) is 5.33 Å². The summed E-state index contributed by atoms with van der Waals surface area (Å²) in [6.45, 7) is 0.0264. The van der Waals surface area contributed by atoms with Gasteiger partial charge >= 0.3 is 0 Å². The van der Waals surface area contributed by atoms with Gasteiger partial charge in [-0.05, 0) is 6.08 Å². The van der Waals surface area contributed by atoms with Gasteiger partial charge in [0.1, 0.15) is 5.01 Å². The number of alkyl halides is 1. The summed E-state index contributed by atoms with van der Waals surface area (Å²) < 4.78 is 0. The molecule has 0 atom stereocenters. The summed E-state index contributed by atoms with van der Waals surface area (Å²) in [6.07, 6.45) is 3.90. The molecule has 0 aromatic carbocycles. The van der Waals surface area contributed by atoms with Crippen molar-refractivity contribution in [2.24, 2.45) is 0 Å². The van der Waals surface area contributed by atoms with Gasteiger partial charge in [-0.25, -0.2) is 4.98 Å². The van der Waals surface area contributed by atoms with Gasteiger partial charge in [-0.2, -0.15) is 0 Å². The van der Waals surface area contributed by atoms with Crippen LogP contribution in [0.15, 0.2) is 11.5 Å². The molecular formula is C7H8BrNOS. The number of nitrogens with zero attached hydrogens (tertiary/aromatic N) is 1. The van der Waals surface area contributed by atoms with Crippen molar-refractivity contribution in [3.05, 3.63) is 22.2 Å². The minimum absolute atomic E-state index is 0.0264. The Morgan fingerprint density at radius 1 is 1.73 bits per heavy atom. The number of allylic oxidation sites excluding steroid dienone is 1. The first-order valence-corrected chi connectivity index (χ1v) is 5.14. The van der Waals surface area contributed by atoms with E-state index in [-0.39, 0.29) is 6.61 Å². The van der Waals surface area contributed by atoms with Crippen LogP contribution in [0.25, 0.3) is 6.08 Å². The van der Waals surface area contributed by atoms with Crippen LogP contribution in [0.2, 0.25) is 0 Å². The van der Waals surface area contributed by atoms with Gasteiger partial charge < -0.3 is 5.11 Å². The Labute approximate surface area is 77.7 Å². The number of thiazole rings is 1. The fraction of sp³-hybridized carbons (Fsp3) is 0.286. The first-order chi connectivity index (χ1) is 5.36. The molecule has 4 heteroatoms. The van der Waals surface area contributed by atoms with Crippen LogP contribution in [0, 0.1) is 0 Å². The van der Waals surface area contributed by atoms with Gasteiger partial charge in [-0.15, -0.1) is 11.3 Å². The van der Waals surface area contributed by atoms with E-state index in [1.165, 1.54) is 11.3 Å². The van der Waals surface area contributed by atoms with E-state index in [9.17, 15) is 0 Å². The number of hydrogen-bond acceptors (Lipinski definition) is 3. The summed E-state index contributed by atoms with van der Waals surface area (Å²) in [4.78, 5) is 4.13. The van der Waals surface area contributed by atoms with E-state index in [1.807, 2.05) is 17.5 Å². The van der Waals surface area contributed by atoms with Gasteiger partial charge in [0.15, 0.2) is 0 Å². The highest BCUT2D eigenvalue weighted by Gasteiger charge is 1.95. The highest BCUT2D eigenvalue weighted by atomic mass is 79.9. The van der Waals surface area contributed by atoms with E-state index >= 15 is 0 Å². The molecule has 0 unspecified atom stereocenters. The molecule has 1 heterocycles. The van der Waals surface area contributed by atoms with Crippen molar-refractivity contribution in [3.63, 3.8) is 0 Å². The van der Waals surface area contributed by atoms with Gasteiger partial charge in [0.05, 0.1) is 12.3 Å². The lowest BCUT2D eigenvalue weighted by molar-refractivity contribution is 0.277. The van der Waals surface area contributed by atoms with E-state index in [1.54, 1.807) is 0 Å². The molecule has 0 saturated carbocycles. The van der Waals surface area contributed by atoms with Crippen molar-refractivity contribution >= 4 is 33.3 Å². The lowest BCUT2D eigenvalue weighted by atomic mass is 10.5. The fourth-order valence-electron chi connectivity index (χ4n) is 0.617. The Bertz CT molecular complexity index is 246. The standard InChI is InChI=1S/C7H8BrNOS/c8-3-1-2-7-9-6(4-10)5-11-7/h1-2,5,10H,3-4H2. The quantitative estimate of drug-likeness (QED) is 0.812.